The van der Waals surface area contributed by atoms with Crippen LogP contribution in [0, 0.1) is 5.41 Å². The highest BCUT2D eigenvalue weighted by Crippen LogP contribution is 2.35. The summed E-state index contributed by atoms with van der Waals surface area (Å²) in [6, 6.07) is 13.6. The number of nitrogens with zero attached hydrogens (tertiary/aromatic N) is 2. The molecule has 1 saturated heterocycles. The molecule has 1 fully saturated rings. The zero-order valence-corrected chi connectivity index (χ0v) is 14.5. The molecule has 0 aliphatic carbocycles. The summed E-state index contributed by atoms with van der Waals surface area (Å²) >= 11 is 5.92. The maximum Gasteiger partial charge on any atom is 0.128 e. The van der Waals surface area contributed by atoms with Crippen molar-refractivity contribution in [3.05, 3.63) is 53.7 Å². The number of rotatable bonds is 6. The predicted octanol–water partition coefficient (Wildman–Crippen LogP) is 3.78. The van der Waals surface area contributed by atoms with Gasteiger partial charge in [-0.2, -0.15) is 0 Å². The van der Waals surface area contributed by atoms with Gasteiger partial charge in [-0.05, 0) is 43.5 Å². The van der Waals surface area contributed by atoms with Crippen LogP contribution in [-0.4, -0.2) is 36.4 Å². The fourth-order valence-corrected chi connectivity index (χ4v) is 3.38. The smallest absolute Gasteiger partial charge is 0.128 e. The Morgan fingerprint density at radius 1 is 1.21 bits per heavy atom. The van der Waals surface area contributed by atoms with Gasteiger partial charge in [0.1, 0.15) is 11.6 Å². The van der Waals surface area contributed by atoms with Crippen molar-refractivity contribution >= 4 is 17.4 Å². The summed E-state index contributed by atoms with van der Waals surface area (Å²) in [6.07, 6.45) is 4.54. The third kappa shape index (κ3) is 4.19. The molecule has 1 aliphatic heterocycles. The largest absolute Gasteiger partial charge is 0.494 e. The molecular weight excluding hydrogens is 324 g/mol. The molecular formula is C19H23ClN2O2. The minimum atomic E-state index is -0.144. The molecule has 1 aromatic heterocycles. The van der Waals surface area contributed by atoms with Crippen molar-refractivity contribution in [3.8, 4) is 5.75 Å². The minimum absolute atomic E-state index is 0.144. The average molecular weight is 347 g/mol. The van der Waals surface area contributed by atoms with E-state index in [-0.39, 0.29) is 12.0 Å². The van der Waals surface area contributed by atoms with E-state index in [9.17, 15) is 5.11 Å². The zero-order valence-electron chi connectivity index (χ0n) is 13.7. The first-order valence-corrected chi connectivity index (χ1v) is 8.74. The van der Waals surface area contributed by atoms with E-state index in [4.69, 9.17) is 16.3 Å². The van der Waals surface area contributed by atoms with E-state index < -0.39 is 0 Å². The SMILES string of the molecule is OCC1(CCOc2ccccc2)CCCN(c2ccc(Cl)cn2)C1. The number of aromatic nitrogens is 1. The third-order valence-electron chi connectivity index (χ3n) is 4.68. The highest BCUT2D eigenvalue weighted by atomic mass is 35.5. The van der Waals surface area contributed by atoms with E-state index in [0.717, 1.165) is 43.9 Å². The van der Waals surface area contributed by atoms with E-state index in [0.29, 0.717) is 11.6 Å². The molecule has 5 heteroatoms. The number of para-hydroxylation sites is 1. The second-order valence-corrected chi connectivity index (χ2v) is 6.87. The molecule has 2 aromatic rings. The Morgan fingerprint density at radius 2 is 2.04 bits per heavy atom. The quantitative estimate of drug-likeness (QED) is 0.864. The van der Waals surface area contributed by atoms with Crippen LogP contribution in [0.25, 0.3) is 0 Å². The predicted molar refractivity (Wildman–Crippen MR) is 96.8 cm³/mol. The Labute approximate surface area is 148 Å². The molecule has 3 rings (SSSR count). The number of pyridine rings is 1. The molecule has 0 spiro atoms. The number of halogens is 1. The number of aliphatic hydroxyl groups excluding tert-OH is 1. The summed E-state index contributed by atoms with van der Waals surface area (Å²) in [4.78, 5) is 6.65. The normalized spacial score (nSPS) is 20.8. The van der Waals surface area contributed by atoms with Crippen LogP contribution in [0.2, 0.25) is 5.02 Å². The minimum Gasteiger partial charge on any atom is -0.494 e. The van der Waals surface area contributed by atoms with Gasteiger partial charge in [0.25, 0.3) is 0 Å². The molecule has 4 nitrogen and oxygen atoms in total. The molecule has 24 heavy (non-hydrogen) atoms. The van der Waals surface area contributed by atoms with Crippen molar-refractivity contribution < 1.29 is 9.84 Å². The number of aliphatic hydroxyl groups is 1. The number of anilines is 1. The van der Waals surface area contributed by atoms with Gasteiger partial charge in [0, 0.05) is 24.7 Å². The van der Waals surface area contributed by atoms with Gasteiger partial charge in [-0.1, -0.05) is 29.8 Å². The first-order chi connectivity index (χ1) is 11.7. The molecule has 0 bridgehead atoms. The van der Waals surface area contributed by atoms with Crippen LogP contribution in [0.1, 0.15) is 19.3 Å². The first-order valence-electron chi connectivity index (χ1n) is 8.36. The standard InChI is InChI=1S/C19H23ClN2O2/c20-16-7-8-18(21-13-16)22-11-4-9-19(14-22,15-23)10-12-24-17-5-2-1-3-6-17/h1-3,5-8,13,23H,4,9-12,14-15H2. The van der Waals surface area contributed by atoms with Crippen molar-refractivity contribution in [3.63, 3.8) is 0 Å². The van der Waals surface area contributed by atoms with Crippen molar-refractivity contribution in [2.45, 2.75) is 19.3 Å². The van der Waals surface area contributed by atoms with Gasteiger partial charge in [0.2, 0.25) is 0 Å². The second-order valence-electron chi connectivity index (χ2n) is 6.43. The molecule has 1 N–H and O–H groups in total. The number of ether oxygens (including phenoxy) is 1. The second kappa shape index (κ2) is 7.86. The van der Waals surface area contributed by atoms with Gasteiger partial charge < -0.3 is 14.7 Å². The van der Waals surface area contributed by atoms with Crippen molar-refractivity contribution in [1.82, 2.24) is 4.98 Å². The molecule has 1 aliphatic rings. The Bertz CT molecular complexity index is 636. The number of benzene rings is 1. The van der Waals surface area contributed by atoms with E-state index in [2.05, 4.69) is 9.88 Å². The highest BCUT2D eigenvalue weighted by Gasteiger charge is 2.35. The van der Waals surface area contributed by atoms with Crippen LogP contribution in [-0.2, 0) is 0 Å². The number of hydrogen-bond acceptors (Lipinski definition) is 4. The molecule has 1 aromatic carbocycles. The van der Waals surface area contributed by atoms with Gasteiger partial charge in [0.15, 0.2) is 0 Å². The summed E-state index contributed by atoms with van der Waals surface area (Å²) in [5.41, 5.74) is -0.144. The lowest BCUT2D eigenvalue weighted by Crippen LogP contribution is -2.46. The van der Waals surface area contributed by atoms with E-state index in [1.807, 2.05) is 42.5 Å². The summed E-state index contributed by atoms with van der Waals surface area (Å²) in [6.45, 7) is 2.51. The maximum absolute atomic E-state index is 10.0. The first kappa shape index (κ1) is 17.1. The Kier molecular flexibility index (Phi) is 5.59. The summed E-state index contributed by atoms with van der Waals surface area (Å²) in [7, 11) is 0. The average Bonchev–Trinajstić information content (AvgIpc) is 2.63. The van der Waals surface area contributed by atoms with Gasteiger partial charge in [0.05, 0.1) is 18.2 Å². The van der Waals surface area contributed by atoms with E-state index in [1.54, 1.807) is 6.20 Å². The molecule has 1 unspecified atom stereocenters. The zero-order chi connectivity index (χ0) is 16.8. The maximum atomic E-state index is 10.0. The number of hydrogen-bond donors (Lipinski definition) is 1. The van der Waals surface area contributed by atoms with Gasteiger partial charge in [-0.15, -0.1) is 0 Å². The van der Waals surface area contributed by atoms with Crippen LogP contribution in [0.4, 0.5) is 5.82 Å². The molecule has 2 heterocycles. The van der Waals surface area contributed by atoms with Gasteiger partial charge >= 0.3 is 0 Å². The fourth-order valence-electron chi connectivity index (χ4n) is 3.27. The Hall–Kier alpha value is -1.78. The highest BCUT2D eigenvalue weighted by molar-refractivity contribution is 6.30. The van der Waals surface area contributed by atoms with Crippen molar-refractivity contribution in [2.24, 2.45) is 5.41 Å². The van der Waals surface area contributed by atoms with Crippen LogP contribution in [0.5, 0.6) is 5.75 Å². The van der Waals surface area contributed by atoms with Crippen molar-refractivity contribution in [1.29, 1.82) is 0 Å². The van der Waals surface area contributed by atoms with Crippen LogP contribution >= 0.6 is 11.6 Å². The summed E-state index contributed by atoms with van der Waals surface area (Å²) < 4.78 is 5.83. The lowest BCUT2D eigenvalue weighted by Gasteiger charge is -2.42. The molecule has 0 amide bonds. The van der Waals surface area contributed by atoms with E-state index >= 15 is 0 Å². The summed E-state index contributed by atoms with van der Waals surface area (Å²) in [5, 5.41) is 10.7. The molecule has 0 saturated carbocycles. The monoisotopic (exact) mass is 346 g/mol. The summed E-state index contributed by atoms with van der Waals surface area (Å²) in [5.74, 6) is 1.79. The van der Waals surface area contributed by atoms with Crippen LogP contribution < -0.4 is 9.64 Å². The number of piperidine rings is 1. The van der Waals surface area contributed by atoms with Crippen molar-refractivity contribution in [2.75, 3.05) is 31.2 Å². The van der Waals surface area contributed by atoms with Gasteiger partial charge in [-0.25, -0.2) is 4.98 Å². The lowest BCUT2D eigenvalue weighted by atomic mass is 9.78. The molecule has 1 atom stereocenters. The Morgan fingerprint density at radius 3 is 2.75 bits per heavy atom. The van der Waals surface area contributed by atoms with Gasteiger partial charge in [-0.3, -0.25) is 0 Å². The van der Waals surface area contributed by atoms with E-state index in [1.165, 1.54) is 0 Å². The molecule has 0 radical (unpaired) electrons. The Balaban J connectivity index is 1.62. The van der Waals surface area contributed by atoms with Crippen LogP contribution in [0.15, 0.2) is 48.7 Å². The molecule has 128 valence electrons. The topological polar surface area (TPSA) is 45.6 Å². The van der Waals surface area contributed by atoms with Crippen LogP contribution in [0.3, 0.4) is 0 Å². The lowest BCUT2D eigenvalue weighted by molar-refractivity contribution is 0.0792. The fraction of sp³-hybridized carbons (Fsp3) is 0.421. The third-order valence-corrected chi connectivity index (χ3v) is 4.90.